The molecule has 3 saturated heterocycles. The molecule has 6 nitrogen and oxygen atoms in total. The standard InChI is InChI=1S/C22H28O6/c1-18-12-15(23)17-14-2-4-20(24-8-9-25-20)13-19(14)6-7-21(17,28-19)16(18)3-5-22(18)26-10-11-27-22/h16H,2-13H2,1H3/t16-,18?,19?,21+/m1/s1. The Kier molecular flexibility index (Phi) is 2.98. The molecule has 28 heavy (non-hydrogen) atoms. The van der Waals surface area contributed by atoms with Crippen LogP contribution in [0.5, 0.6) is 0 Å². The van der Waals surface area contributed by atoms with Gasteiger partial charge >= 0.3 is 0 Å². The average Bonchev–Trinajstić information content (AvgIpc) is 3.44. The molecule has 7 aliphatic rings. The molecule has 0 amide bonds. The maximum absolute atomic E-state index is 13.6. The summed E-state index contributed by atoms with van der Waals surface area (Å²) in [5.41, 5.74) is 1.14. The van der Waals surface area contributed by atoms with Gasteiger partial charge in [0.2, 0.25) is 0 Å². The Labute approximate surface area is 164 Å². The van der Waals surface area contributed by atoms with E-state index in [1.54, 1.807) is 0 Å². The largest absolute Gasteiger partial charge is 0.359 e. The molecule has 4 aliphatic heterocycles. The summed E-state index contributed by atoms with van der Waals surface area (Å²) in [5.74, 6) is -0.585. The lowest BCUT2D eigenvalue weighted by Crippen LogP contribution is -2.58. The fourth-order valence-corrected chi connectivity index (χ4v) is 8.26. The van der Waals surface area contributed by atoms with Gasteiger partial charge in [-0.05, 0) is 31.3 Å². The molecule has 0 aromatic rings. The van der Waals surface area contributed by atoms with Gasteiger partial charge in [0.15, 0.2) is 17.4 Å². The van der Waals surface area contributed by atoms with E-state index in [-0.39, 0.29) is 22.7 Å². The second kappa shape index (κ2) is 4.92. The third-order valence-electron chi connectivity index (χ3n) is 9.20. The molecule has 152 valence electrons. The lowest BCUT2D eigenvalue weighted by Gasteiger charge is -2.51. The van der Waals surface area contributed by atoms with Crippen LogP contribution in [0.25, 0.3) is 0 Å². The monoisotopic (exact) mass is 388 g/mol. The molecular weight excluding hydrogens is 360 g/mol. The van der Waals surface area contributed by atoms with Crippen LogP contribution >= 0.6 is 0 Å². The van der Waals surface area contributed by atoms with Gasteiger partial charge in [0.1, 0.15) is 5.60 Å². The van der Waals surface area contributed by atoms with Gasteiger partial charge < -0.3 is 23.7 Å². The van der Waals surface area contributed by atoms with Crippen molar-refractivity contribution in [3.05, 3.63) is 11.1 Å². The predicted molar refractivity (Wildman–Crippen MR) is 96.4 cm³/mol. The van der Waals surface area contributed by atoms with Gasteiger partial charge in [-0.25, -0.2) is 0 Å². The molecule has 3 aliphatic carbocycles. The van der Waals surface area contributed by atoms with Crippen LogP contribution in [0.2, 0.25) is 0 Å². The third-order valence-corrected chi connectivity index (χ3v) is 9.20. The highest BCUT2D eigenvalue weighted by atomic mass is 16.7. The van der Waals surface area contributed by atoms with E-state index < -0.39 is 17.2 Å². The molecule has 2 bridgehead atoms. The van der Waals surface area contributed by atoms with E-state index >= 15 is 0 Å². The molecule has 3 saturated carbocycles. The highest BCUT2D eigenvalue weighted by Gasteiger charge is 2.77. The van der Waals surface area contributed by atoms with Crippen molar-refractivity contribution in [2.24, 2.45) is 11.3 Å². The first-order valence-electron chi connectivity index (χ1n) is 11.0. The van der Waals surface area contributed by atoms with Gasteiger partial charge in [-0.2, -0.15) is 0 Å². The number of carbonyl (C=O) groups is 1. The molecule has 0 N–H and O–H groups in total. The molecule has 4 spiro atoms. The van der Waals surface area contributed by atoms with Gasteiger partial charge in [-0.3, -0.25) is 4.79 Å². The molecule has 6 heteroatoms. The Bertz CT molecular complexity index is 806. The third kappa shape index (κ3) is 1.66. The molecule has 0 radical (unpaired) electrons. The van der Waals surface area contributed by atoms with Gasteiger partial charge in [-0.1, -0.05) is 6.92 Å². The Morgan fingerprint density at radius 1 is 0.929 bits per heavy atom. The van der Waals surface area contributed by atoms with Crippen LogP contribution in [0.1, 0.15) is 58.3 Å². The topological polar surface area (TPSA) is 63.2 Å². The summed E-state index contributed by atoms with van der Waals surface area (Å²) in [6.45, 7) is 4.78. The maximum atomic E-state index is 13.6. The minimum absolute atomic E-state index is 0.264. The first-order chi connectivity index (χ1) is 13.5. The van der Waals surface area contributed by atoms with Crippen LogP contribution in [0.15, 0.2) is 11.1 Å². The summed E-state index contributed by atoms with van der Waals surface area (Å²) in [6, 6.07) is 0. The number of ether oxygens (including phenoxy) is 5. The van der Waals surface area contributed by atoms with E-state index in [4.69, 9.17) is 23.7 Å². The summed E-state index contributed by atoms with van der Waals surface area (Å²) in [4.78, 5) is 13.6. The Hall–Kier alpha value is -0.790. The van der Waals surface area contributed by atoms with Crippen LogP contribution in [0.4, 0.5) is 0 Å². The maximum Gasteiger partial charge on any atom is 0.174 e. The summed E-state index contributed by atoms with van der Waals surface area (Å²) in [7, 11) is 0. The van der Waals surface area contributed by atoms with Crippen molar-refractivity contribution in [2.45, 2.75) is 81.1 Å². The number of hydrogen-bond donors (Lipinski definition) is 0. The van der Waals surface area contributed by atoms with E-state index in [0.29, 0.717) is 32.8 Å². The SMILES string of the molecule is CC12CC(=O)C3=C4CCC5(CC46CC[C@]3(O6)[C@@H]1CCC21OCCO1)OCCO5. The van der Waals surface area contributed by atoms with Crippen LogP contribution in [-0.2, 0) is 28.5 Å². The predicted octanol–water partition coefficient (Wildman–Crippen LogP) is 2.64. The molecular formula is C22H28O6. The average molecular weight is 388 g/mol. The fourth-order valence-electron chi connectivity index (χ4n) is 8.26. The lowest BCUT2D eigenvalue weighted by molar-refractivity contribution is -0.248. The van der Waals surface area contributed by atoms with Crippen LogP contribution < -0.4 is 0 Å². The zero-order valence-corrected chi connectivity index (χ0v) is 16.5. The van der Waals surface area contributed by atoms with E-state index in [1.807, 2.05) is 0 Å². The molecule has 4 heterocycles. The molecule has 6 fully saturated rings. The Morgan fingerprint density at radius 3 is 2.46 bits per heavy atom. The summed E-state index contributed by atoms with van der Waals surface area (Å²) in [6.07, 6.45) is 6.67. The van der Waals surface area contributed by atoms with Gasteiger partial charge in [0, 0.05) is 42.6 Å². The smallest absolute Gasteiger partial charge is 0.174 e. The zero-order chi connectivity index (χ0) is 18.8. The normalized spacial score (nSPS) is 49.9. The minimum atomic E-state index is -0.607. The quantitative estimate of drug-likeness (QED) is 0.636. The highest BCUT2D eigenvalue weighted by molar-refractivity contribution is 6.01. The molecule has 7 rings (SSSR count). The molecule has 0 aromatic heterocycles. The van der Waals surface area contributed by atoms with Crippen molar-refractivity contribution in [3.8, 4) is 0 Å². The highest BCUT2D eigenvalue weighted by Crippen LogP contribution is 2.73. The number of carbonyl (C=O) groups excluding carboxylic acids is 1. The Morgan fingerprint density at radius 2 is 1.68 bits per heavy atom. The first-order valence-corrected chi connectivity index (χ1v) is 11.0. The molecule has 0 aromatic carbocycles. The zero-order valence-electron chi connectivity index (χ0n) is 16.5. The van der Waals surface area contributed by atoms with E-state index in [2.05, 4.69) is 6.92 Å². The van der Waals surface area contributed by atoms with Crippen molar-refractivity contribution in [3.63, 3.8) is 0 Å². The van der Waals surface area contributed by atoms with Crippen molar-refractivity contribution in [1.29, 1.82) is 0 Å². The molecule has 2 unspecified atom stereocenters. The summed E-state index contributed by atoms with van der Waals surface area (Å²) >= 11 is 0. The number of Topliss-reactive ketones (excluding diaryl/α,β-unsaturated/α-hetero) is 1. The van der Waals surface area contributed by atoms with Crippen molar-refractivity contribution in [1.82, 2.24) is 0 Å². The van der Waals surface area contributed by atoms with Crippen LogP contribution in [-0.4, -0.2) is 55.0 Å². The van der Waals surface area contributed by atoms with Crippen molar-refractivity contribution < 1.29 is 28.5 Å². The first kappa shape index (κ1) is 16.9. The summed E-state index contributed by atoms with van der Waals surface area (Å²) < 4.78 is 31.5. The van der Waals surface area contributed by atoms with Crippen LogP contribution in [0, 0.1) is 11.3 Å². The molecule has 4 atom stereocenters. The minimum Gasteiger partial charge on any atom is -0.359 e. The lowest BCUT2D eigenvalue weighted by atomic mass is 9.54. The Balaban J connectivity index is 1.35. The summed E-state index contributed by atoms with van der Waals surface area (Å²) in [5, 5.41) is 0. The number of ketones is 1. The van der Waals surface area contributed by atoms with Crippen molar-refractivity contribution in [2.75, 3.05) is 26.4 Å². The number of rotatable bonds is 0. The van der Waals surface area contributed by atoms with E-state index in [0.717, 1.165) is 50.5 Å². The van der Waals surface area contributed by atoms with Crippen LogP contribution in [0.3, 0.4) is 0 Å². The second-order valence-corrected chi connectivity index (χ2v) is 10.2. The van der Waals surface area contributed by atoms with E-state index in [9.17, 15) is 4.79 Å². The van der Waals surface area contributed by atoms with E-state index in [1.165, 1.54) is 5.57 Å². The van der Waals surface area contributed by atoms with Gasteiger partial charge in [-0.15, -0.1) is 0 Å². The number of hydrogen-bond acceptors (Lipinski definition) is 6. The van der Waals surface area contributed by atoms with Crippen molar-refractivity contribution >= 4 is 5.78 Å². The fraction of sp³-hybridized carbons (Fsp3) is 0.864. The second-order valence-electron chi connectivity index (χ2n) is 10.2. The van der Waals surface area contributed by atoms with Gasteiger partial charge in [0.05, 0.1) is 32.0 Å². The van der Waals surface area contributed by atoms with Gasteiger partial charge in [0.25, 0.3) is 0 Å². The number of fused-ring (bicyclic) bond motifs is 2.